The van der Waals surface area contributed by atoms with Crippen molar-refractivity contribution >= 4 is 30.0 Å². The van der Waals surface area contributed by atoms with Crippen LogP contribution in [0.3, 0.4) is 0 Å². The Morgan fingerprint density at radius 3 is 2.21 bits per heavy atom. The highest BCUT2D eigenvalue weighted by Crippen LogP contribution is 2.67. The molecule has 1 spiro atoms. The molecular weight excluding hydrogens is 758 g/mol. The van der Waals surface area contributed by atoms with Crippen molar-refractivity contribution in [1.82, 2.24) is 5.32 Å². The summed E-state index contributed by atoms with van der Waals surface area (Å²) >= 11 is 0. The van der Waals surface area contributed by atoms with Crippen molar-refractivity contribution in [2.24, 2.45) is 28.1 Å². The van der Waals surface area contributed by atoms with Crippen LogP contribution in [0.4, 0.5) is 4.79 Å². The van der Waals surface area contributed by atoms with Gasteiger partial charge in [-0.15, -0.1) is 0 Å². The van der Waals surface area contributed by atoms with Crippen LogP contribution in [-0.4, -0.2) is 123 Å². The number of aliphatic hydroxyl groups is 4. The zero-order chi connectivity index (χ0) is 43.1. The number of esters is 3. The molecule has 16 heteroatoms. The molecule has 6 rings (SSSR count). The second-order valence-corrected chi connectivity index (χ2v) is 18.7. The van der Waals surface area contributed by atoms with Gasteiger partial charge in [-0.3, -0.25) is 9.59 Å². The van der Waals surface area contributed by atoms with Crippen LogP contribution in [0.5, 0.6) is 0 Å². The minimum Gasteiger partial charge on any atom is -0.454 e. The number of carbonyl (C=O) groups is 5. The van der Waals surface area contributed by atoms with Crippen molar-refractivity contribution in [3.8, 4) is 0 Å². The third-order valence-corrected chi connectivity index (χ3v) is 13.2. The molecule has 0 aromatic heterocycles. The van der Waals surface area contributed by atoms with Crippen LogP contribution in [0.1, 0.15) is 92.4 Å². The van der Waals surface area contributed by atoms with Gasteiger partial charge in [-0.25, -0.2) is 14.4 Å². The van der Waals surface area contributed by atoms with E-state index in [1.54, 1.807) is 52.8 Å². The molecule has 4 fully saturated rings. The van der Waals surface area contributed by atoms with E-state index >= 15 is 0 Å². The fourth-order valence-electron chi connectivity index (χ4n) is 10.3. The van der Waals surface area contributed by atoms with Crippen molar-refractivity contribution in [2.45, 2.75) is 148 Å². The molecule has 13 atom stereocenters. The van der Waals surface area contributed by atoms with Gasteiger partial charge in [-0.1, -0.05) is 73.6 Å². The summed E-state index contributed by atoms with van der Waals surface area (Å²) in [6.45, 7) is 15.8. The van der Waals surface area contributed by atoms with Gasteiger partial charge in [0.15, 0.2) is 30.0 Å². The Kier molecular flexibility index (Phi) is 11.2. The number of nitrogens with one attached hydrogen (secondary N) is 1. The smallest absolute Gasteiger partial charge is 0.454 e. The molecule has 5 N–H and O–H groups in total. The van der Waals surface area contributed by atoms with E-state index in [0.29, 0.717) is 0 Å². The summed E-state index contributed by atoms with van der Waals surface area (Å²) in [5.41, 5.74) is -8.16. The van der Waals surface area contributed by atoms with Gasteiger partial charge in [-0.2, -0.15) is 0 Å². The number of aliphatic hydroxyl groups excluding tert-OH is 4. The quantitative estimate of drug-likeness (QED) is 0.137. The van der Waals surface area contributed by atoms with E-state index in [1.165, 1.54) is 26.0 Å². The Morgan fingerprint density at radius 1 is 1.02 bits per heavy atom. The first-order chi connectivity index (χ1) is 26.9. The van der Waals surface area contributed by atoms with E-state index < -0.39 is 118 Å². The van der Waals surface area contributed by atoms with Gasteiger partial charge in [0.1, 0.15) is 12.2 Å². The maximum absolute atomic E-state index is 14.3. The molecule has 2 unspecified atom stereocenters. The fraction of sp³-hybridized carbons (Fsp3) is 0.690. The van der Waals surface area contributed by atoms with Crippen molar-refractivity contribution in [3.05, 3.63) is 47.0 Å². The first-order valence-corrected chi connectivity index (χ1v) is 19.8. The number of amides is 1. The van der Waals surface area contributed by atoms with E-state index in [2.05, 4.69) is 5.32 Å². The average Bonchev–Trinajstić information content (AvgIpc) is 3.50. The number of hydrogen-bond donors (Lipinski definition) is 5. The van der Waals surface area contributed by atoms with Crippen LogP contribution in [0.25, 0.3) is 0 Å². The summed E-state index contributed by atoms with van der Waals surface area (Å²) in [5, 5.41) is 51.2. The highest BCUT2D eigenvalue weighted by molar-refractivity contribution is 5.89. The normalized spacial score (nSPS) is 37.2. The molecule has 2 aliphatic heterocycles. The number of hydrogen-bond acceptors (Lipinski definition) is 15. The molecule has 16 nitrogen and oxygen atoms in total. The number of fused-ring (bicyclic) bond motifs is 4. The second kappa shape index (κ2) is 14.9. The van der Waals surface area contributed by atoms with Gasteiger partial charge >= 0.3 is 24.1 Å². The molecule has 2 saturated heterocycles. The summed E-state index contributed by atoms with van der Waals surface area (Å²) in [6, 6.07) is 6.76. The molecule has 5 aliphatic rings. The highest BCUT2D eigenvalue weighted by atomic mass is 16.8. The van der Waals surface area contributed by atoms with E-state index in [-0.39, 0.29) is 42.1 Å². The number of rotatable bonds is 9. The average molecular weight is 816 g/mol. The first kappa shape index (κ1) is 43.5. The third kappa shape index (κ3) is 6.59. The predicted octanol–water partition coefficient (Wildman–Crippen LogP) is 2.52. The Hall–Kier alpha value is -4.09. The molecule has 3 aliphatic carbocycles. The zero-order valence-corrected chi connectivity index (χ0v) is 34.6. The van der Waals surface area contributed by atoms with Gasteiger partial charge in [0.05, 0.1) is 36.3 Å². The fourth-order valence-corrected chi connectivity index (χ4v) is 10.3. The first-order valence-electron chi connectivity index (χ1n) is 19.8. The van der Waals surface area contributed by atoms with Crippen molar-refractivity contribution in [1.29, 1.82) is 0 Å². The van der Waals surface area contributed by atoms with Gasteiger partial charge in [-0.05, 0) is 42.5 Å². The lowest BCUT2D eigenvalue weighted by Gasteiger charge is -2.68. The molecule has 1 aromatic carbocycles. The monoisotopic (exact) mass is 815 g/mol. The minimum atomic E-state index is -2.26. The zero-order valence-electron chi connectivity index (χ0n) is 34.6. The molecule has 1 aromatic rings. The molecule has 58 heavy (non-hydrogen) atoms. The van der Waals surface area contributed by atoms with E-state index in [4.69, 9.17) is 28.4 Å². The van der Waals surface area contributed by atoms with Crippen LogP contribution in [0.15, 0.2) is 41.5 Å². The molecule has 2 saturated carbocycles. The Bertz CT molecular complexity index is 1860. The lowest BCUT2D eigenvalue weighted by atomic mass is 9.44. The topological polar surface area (TPSA) is 234 Å². The molecule has 2 heterocycles. The maximum atomic E-state index is 14.3. The molecule has 1 amide bonds. The van der Waals surface area contributed by atoms with Crippen LogP contribution in [0.2, 0.25) is 0 Å². The van der Waals surface area contributed by atoms with Crippen LogP contribution < -0.4 is 5.32 Å². The second-order valence-electron chi connectivity index (χ2n) is 18.7. The summed E-state index contributed by atoms with van der Waals surface area (Å²) in [5.74, 6) is -4.91. The van der Waals surface area contributed by atoms with Crippen LogP contribution in [-0.2, 0) is 42.8 Å². The summed E-state index contributed by atoms with van der Waals surface area (Å²) < 4.78 is 36.7. The molecular formula is C42H57NO15. The Labute approximate surface area is 337 Å². The van der Waals surface area contributed by atoms with Crippen LogP contribution in [0, 0.1) is 28.1 Å². The van der Waals surface area contributed by atoms with Gasteiger partial charge in [0.25, 0.3) is 0 Å². The molecule has 0 radical (unpaired) electrons. The lowest BCUT2D eigenvalue weighted by Crippen LogP contribution is -2.83. The van der Waals surface area contributed by atoms with Gasteiger partial charge in [0.2, 0.25) is 11.5 Å². The SMILES string of the molecule is CC(=O)O[C@@]12CO[C@@H]1C[C@H](O)[C@]1(C)C2C(OC(=O)c2ccccc2)[C@]23OC(=O)O[C@H]2[C@H](OC(=O)[C@H](O)[C@H](CC(C)C)NC(=O)C(C)(C)C)C(C)=C([C@@H](O)[C@H]1O)C3(C)C. The largest absolute Gasteiger partial charge is 0.509 e. The number of carbonyl (C=O) groups excluding carboxylic acids is 5. The van der Waals surface area contributed by atoms with E-state index in [1.807, 2.05) is 13.8 Å². The predicted molar refractivity (Wildman–Crippen MR) is 201 cm³/mol. The summed E-state index contributed by atoms with van der Waals surface area (Å²) in [6.07, 6.45) is -14.5. The lowest BCUT2D eigenvalue weighted by molar-refractivity contribution is -0.364. The van der Waals surface area contributed by atoms with E-state index in [0.717, 1.165) is 6.92 Å². The number of ether oxygens (including phenoxy) is 6. The van der Waals surface area contributed by atoms with Crippen molar-refractivity contribution in [2.75, 3.05) is 6.61 Å². The standard InChI is InChI=1S/C42H57NO15/c1-19(2)16-23(43-36(51)38(5,6)7)27(46)35(50)54-29-20(3)26-28(47)31(48)40(10)24(45)17-25-41(18-53-25,57-21(4)44)30(40)33(55-34(49)22-14-12-11-13-15-22)42(39(26,8)9)32(29)56-37(52)58-42/h11-15,19,23-25,27-33,45-48H,16-18H2,1-10H3,(H,43,51)/t23-,24-,25+,27+,28+,29+,30?,31+,32-,33?,40+,41-,42+/m0/s1. The number of benzene rings is 1. The minimum absolute atomic E-state index is 0.0164. The highest BCUT2D eigenvalue weighted by Gasteiger charge is 2.82. The molecule has 2 bridgehead atoms. The Morgan fingerprint density at radius 2 is 1.66 bits per heavy atom. The van der Waals surface area contributed by atoms with E-state index in [9.17, 15) is 44.4 Å². The van der Waals surface area contributed by atoms with Crippen LogP contribution >= 0.6 is 0 Å². The third-order valence-electron chi connectivity index (χ3n) is 13.2. The summed E-state index contributed by atoms with van der Waals surface area (Å²) in [7, 11) is 0. The maximum Gasteiger partial charge on any atom is 0.509 e. The summed E-state index contributed by atoms with van der Waals surface area (Å²) in [4.78, 5) is 68.3. The van der Waals surface area contributed by atoms with Gasteiger partial charge in [0, 0.05) is 29.6 Å². The van der Waals surface area contributed by atoms with Crippen molar-refractivity contribution < 1.29 is 72.8 Å². The van der Waals surface area contributed by atoms with Gasteiger partial charge < -0.3 is 54.2 Å². The Balaban J connectivity index is 1.58. The van der Waals surface area contributed by atoms with Crippen molar-refractivity contribution in [3.63, 3.8) is 0 Å². The molecule has 320 valence electrons.